The molecule has 3 heteroatoms. The molecule has 0 amide bonds. The zero-order valence-corrected chi connectivity index (χ0v) is 10.6. The third-order valence-corrected chi connectivity index (χ3v) is 3.52. The van der Waals surface area contributed by atoms with Gasteiger partial charge in [-0.15, -0.1) is 11.3 Å². The zero-order valence-electron chi connectivity index (χ0n) is 9.78. The number of nitrogens with zero attached hydrogens (tertiary/aromatic N) is 1. The summed E-state index contributed by atoms with van der Waals surface area (Å²) in [5.41, 5.74) is 3.40. The Hall–Kier alpha value is -1.35. The van der Waals surface area contributed by atoms with Gasteiger partial charge in [-0.3, -0.25) is 0 Å². The molecule has 2 aromatic rings. The first-order chi connectivity index (χ1) is 7.76. The van der Waals surface area contributed by atoms with E-state index in [2.05, 4.69) is 35.5 Å². The molecule has 2 aromatic heterocycles. The van der Waals surface area contributed by atoms with Crippen molar-refractivity contribution < 1.29 is 4.74 Å². The van der Waals surface area contributed by atoms with Gasteiger partial charge in [-0.1, -0.05) is 13.0 Å². The smallest absolute Gasteiger partial charge is 0.216 e. The molecule has 2 rings (SSSR count). The summed E-state index contributed by atoms with van der Waals surface area (Å²) in [5.74, 6) is 0.750. The van der Waals surface area contributed by atoms with Gasteiger partial charge in [-0.2, -0.15) is 0 Å². The van der Waals surface area contributed by atoms with E-state index >= 15 is 0 Å². The van der Waals surface area contributed by atoms with Crippen molar-refractivity contribution in [3.05, 3.63) is 34.8 Å². The van der Waals surface area contributed by atoms with Crippen LogP contribution < -0.4 is 4.74 Å². The third-order valence-electron chi connectivity index (χ3n) is 2.61. The minimum absolute atomic E-state index is 0.750. The molecule has 0 aliphatic carbocycles. The monoisotopic (exact) mass is 233 g/mol. The van der Waals surface area contributed by atoms with Gasteiger partial charge in [0.25, 0.3) is 0 Å². The number of aryl methyl sites for hydroxylation is 2. The molecule has 0 saturated heterocycles. The average Bonchev–Trinajstić information content (AvgIpc) is 2.82. The number of methoxy groups -OCH3 is 1. The van der Waals surface area contributed by atoms with Gasteiger partial charge in [0.1, 0.15) is 0 Å². The van der Waals surface area contributed by atoms with E-state index < -0.39 is 0 Å². The van der Waals surface area contributed by atoms with E-state index in [1.54, 1.807) is 18.4 Å². The van der Waals surface area contributed by atoms with E-state index in [-0.39, 0.29) is 0 Å². The molecule has 2 nitrogen and oxygen atoms in total. The van der Waals surface area contributed by atoms with Crippen LogP contribution in [-0.2, 0) is 6.42 Å². The topological polar surface area (TPSA) is 22.1 Å². The molecule has 0 spiro atoms. The number of hydrogen-bond donors (Lipinski definition) is 0. The van der Waals surface area contributed by atoms with Gasteiger partial charge in [0.15, 0.2) is 0 Å². The van der Waals surface area contributed by atoms with Crippen molar-refractivity contribution in [3.8, 4) is 16.3 Å². The van der Waals surface area contributed by atoms with Crippen LogP contribution in [0.1, 0.15) is 18.2 Å². The predicted molar refractivity (Wildman–Crippen MR) is 68.2 cm³/mol. The molecular weight excluding hydrogens is 218 g/mol. The molecular formula is C13H15NOS. The van der Waals surface area contributed by atoms with Gasteiger partial charge in [0.05, 0.1) is 7.11 Å². The summed E-state index contributed by atoms with van der Waals surface area (Å²) in [6.07, 6.45) is 0.939. The Kier molecular flexibility index (Phi) is 3.25. The summed E-state index contributed by atoms with van der Waals surface area (Å²) < 4.78 is 5.28. The van der Waals surface area contributed by atoms with Crippen molar-refractivity contribution >= 4 is 11.3 Å². The standard InChI is InChI=1S/C13H15NOS/c1-4-10-8-11(12-6-5-7-16-12)9(2)14-13(10)15-3/h5-8H,4H2,1-3H3. The van der Waals surface area contributed by atoms with E-state index in [1.165, 1.54) is 10.4 Å². The van der Waals surface area contributed by atoms with Crippen LogP contribution in [0.3, 0.4) is 0 Å². The van der Waals surface area contributed by atoms with Gasteiger partial charge < -0.3 is 4.74 Å². The second kappa shape index (κ2) is 4.66. The molecule has 0 radical (unpaired) electrons. The maximum Gasteiger partial charge on any atom is 0.216 e. The van der Waals surface area contributed by atoms with E-state index in [9.17, 15) is 0 Å². The summed E-state index contributed by atoms with van der Waals surface area (Å²) >= 11 is 1.74. The van der Waals surface area contributed by atoms with E-state index in [0.717, 1.165) is 23.6 Å². The van der Waals surface area contributed by atoms with Crippen LogP contribution >= 0.6 is 11.3 Å². The Morgan fingerprint density at radius 1 is 1.44 bits per heavy atom. The van der Waals surface area contributed by atoms with Crippen molar-refractivity contribution in [2.75, 3.05) is 7.11 Å². The van der Waals surface area contributed by atoms with Crippen LogP contribution in [0.5, 0.6) is 5.88 Å². The average molecular weight is 233 g/mol. The van der Waals surface area contributed by atoms with Crippen LogP contribution in [0.15, 0.2) is 23.6 Å². The minimum atomic E-state index is 0.750. The fourth-order valence-electron chi connectivity index (χ4n) is 1.74. The predicted octanol–water partition coefficient (Wildman–Crippen LogP) is 3.69. The number of thiophene rings is 1. The van der Waals surface area contributed by atoms with Crippen molar-refractivity contribution in [1.29, 1.82) is 0 Å². The fourth-order valence-corrected chi connectivity index (χ4v) is 2.53. The third kappa shape index (κ3) is 1.95. The first kappa shape index (κ1) is 11.1. The lowest BCUT2D eigenvalue weighted by Gasteiger charge is -2.10. The number of aromatic nitrogens is 1. The fraction of sp³-hybridized carbons (Fsp3) is 0.308. The summed E-state index contributed by atoms with van der Waals surface area (Å²) in [4.78, 5) is 5.77. The van der Waals surface area contributed by atoms with Gasteiger partial charge in [-0.05, 0) is 30.9 Å². The minimum Gasteiger partial charge on any atom is -0.481 e. The lowest BCUT2D eigenvalue weighted by atomic mass is 10.1. The van der Waals surface area contributed by atoms with Crippen LogP contribution in [0.2, 0.25) is 0 Å². The van der Waals surface area contributed by atoms with Crippen molar-refractivity contribution in [2.45, 2.75) is 20.3 Å². The molecule has 0 aromatic carbocycles. The van der Waals surface area contributed by atoms with Crippen LogP contribution in [0, 0.1) is 6.92 Å². The molecule has 84 valence electrons. The van der Waals surface area contributed by atoms with Gasteiger partial charge in [-0.25, -0.2) is 4.98 Å². The number of hydrogen-bond acceptors (Lipinski definition) is 3. The highest BCUT2D eigenvalue weighted by atomic mass is 32.1. The first-order valence-corrected chi connectivity index (χ1v) is 6.22. The van der Waals surface area contributed by atoms with Gasteiger partial charge in [0.2, 0.25) is 5.88 Å². The van der Waals surface area contributed by atoms with Gasteiger partial charge >= 0.3 is 0 Å². The molecule has 0 N–H and O–H groups in total. The summed E-state index contributed by atoms with van der Waals surface area (Å²) in [6.45, 7) is 4.14. The van der Waals surface area contributed by atoms with E-state index in [0.29, 0.717) is 0 Å². The maximum absolute atomic E-state index is 5.28. The molecule has 0 atom stereocenters. The molecule has 0 unspecified atom stereocenters. The quantitative estimate of drug-likeness (QED) is 0.806. The summed E-state index contributed by atoms with van der Waals surface area (Å²) in [5, 5.41) is 2.09. The largest absolute Gasteiger partial charge is 0.481 e. The second-order valence-electron chi connectivity index (χ2n) is 3.62. The number of pyridine rings is 1. The molecule has 16 heavy (non-hydrogen) atoms. The lowest BCUT2D eigenvalue weighted by molar-refractivity contribution is 0.392. The van der Waals surface area contributed by atoms with Crippen molar-refractivity contribution in [2.24, 2.45) is 0 Å². The Labute approximate surface area is 99.9 Å². The Morgan fingerprint density at radius 2 is 2.25 bits per heavy atom. The maximum atomic E-state index is 5.28. The van der Waals surface area contributed by atoms with E-state index in [1.807, 2.05) is 6.92 Å². The van der Waals surface area contributed by atoms with Crippen LogP contribution in [-0.4, -0.2) is 12.1 Å². The Balaban J connectivity index is 2.55. The van der Waals surface area contributed by atoms with Crippen molar-refractivity contribution in [1.82, 2.24) is 4.98 Å². The highest BCUT2D eigenvalue weighted by Gasteiger charge is 2.10. The molecule has 0 aliphatic heterocycles. The molecule has 2 heterocycles. The first-order valence-electron chi connectivity index (χ1n) is 5.34. The molecule has 0 aliphatic rings. The highest BCUT2D eigenvalue weighted by molar-refractivity contribution is 7.13. The van der Waals surface area contributed by atoms with Crippen LogP contribution in [0.4, 0.5) is 0 Å². The highest BCUT2D eigenvalue weighted by Crippen LogP contribution is 2.30. The molecule has 0 saturated carbocycles. The Morgan fingerprint density at radius 3 is 2.81 bits per heavy atom. The number of rotatable bonds is 3. The van der Waals surface area contributed by atoms with Crippen LogP contribution in [0.25, 0.3) is 10.4 Å². The Bertz CT molecular complexity index is 477. The summed E-state index contributed by atoms with van der Waals surface area (Å²) in [6, 6.07) is 6.38. The van der Waals surface area contributed by atoms with Gasteiger partial charge in [0, 0.05) is 21.7 Å². The normalized spacial score (nSPS) is 10.4. The van der Waals surface area contributed by atoms with Crippen molar-refractivity contribution in [3.63, 3.8) is 0 Å². The zero-order chi connectivity index (χ0) is 11.5. The molecule has 0 fully saturated rings. The molecule has 0 bridgehead atoms. The lowest BCUT2D eigenvalue weighted by Crippen LogP contribution is -1.97. The summed E-state index contributed by atoms with van der Waals surface area (Å²) in [7, 11) is 1.67. The SMILES string of the molecule is CCc1cc(-c2cccs2)c(C)nc1OC. The second-order valence-corrected chi connectivity index (χ2v) is 4.57. The number of ether oxygens (including phenoxy) is 1. The van der Waals surface area contributed by atoms with E-state index in [4.69, 9.17) is 4.74 Å².